The molecule has 0 bridgehead atoms. The standard InChI is InChI=1S/C17H24N2O4/c1-17(2,3)23-16(21)19(4)8-7-18-13-5-6-15-12(9-13)10-14(11-20)22-15/h5-6,9-10,18,20H,7-8,11H2,1-4H3. The number of carbonyl (C=O) groups excluding carboxylic acids is 1. The van der Waals surface area contributed by atoms with Crippen LogP contribution in [0.5, 0.6) is 0 Å². The van der Waals surface area contributed by atoms with Crippen molar-refractivity contribution in [1.82, 2.24) is 4.90 Å². The zero-order chi connectivity index (χ0) is 17.0. The van der Waals surface area contributed by atoms with E-state index in [1.807, 2.05) is 45.0 Å². The summed E-state index contributed by atoms with van der Waals surface area (Å²) >= 11 is 0. The van der Waals surface area contributed by atoms with Gasteiger partial charge in [-0.25, -0.2) is 4.79 Å². The van der Waals surface area contributed by atoms with Crippen molar-refractivity contribution in [3.05, 3.63) is 30.0 Å². The summed E-state index contributed by atoms with van der Waals surface area (Å²) in [4.78, 5) is 13.4. The molecule has 0 atom stereocenters. The van der Waals surface area contributed by atoms with Gasteiger partial charge in [-0.3, -0.25) is 0 Å². The third-order valence-electron chi connectivity index (χ3n) is 3.20. The lowest BCUT2D eigenvalue weighted by molar-refractivity contribution is 0.0305. The van der Waals surface area contributed by atoms with Gasteiger partial charge in [0.2, 0.25) is 0 Å². The van der Waals surface area contributed by atoms with Gasteiger partial charge in [-0.05, 0) is 45.0 Å². The summed E-state index contributed by atoms with van der Waals surface area (Å²) in [5.74, 6) is 0.543. The number of ether oxygens (including phenoxy) is 1. The van der Waals surface area contributed by atoms with Crippen LogP contribution in [0.1, 0.15) is 26.5 Å². The molecule has 0 radical (unpaired) electrons. The molecule has 23 heavy (non-hydrogen) atoms. The number of likely N-dealkylation sites (N-methyl/N-ethyl adjacent to an activating group) is 1. The van der Waals surface area contributed by atoms with Crippen molar-refractivity contribution in [1.29, 1.82) is 0 Å². The molecule has 1 heterocycles. The van der Waals surface area contributed by atoms with Crippen LogP contribution in [-0.4, -0.2) is 41.8 Å². The molecular formula is C17H24N2O4. The lowest BCUT2D eigenvalue weighted by Gasteiger charge is -2.24. The van der Waals surface area contributed by atoms with Crippen molar-refractivity contribution in [2.75, 3.05) is 25.5 Å². The van der Waals surface area contributed by atoms with Gasteiger partial charge >= 0.3 is 6.09 Å². The van der Waals surface area contributed by atoms with E-state index in [1.165, 1.54) is 0 Å². The van der Waals surface area contributed by atoms with Crippen LogP contribution in [0.2, 0.25) is 0 Å². The number of nitrogens with zero attached hydrogens (tertiary/aromatic N) is 1. The average Bonchev–Trinajstić information content (AvgIpc) is 2.87. The first-order valence-electron chi connectivity index (χ1n) is 7.60. The molecule has 6 nitrogen and oxygen atoms in total. The zero-order valence-corrected chi connectivity index (χ0v) is 14.0. The molecule has 0 fully saturated rings. The maximum absolute atomic E-state index is 11.9. The van der Waals surface area contributed by atoms with Crippen molar-refractivity contribution in [3.63, 3.8) is 0 Å². The monoisotopic (exact) mass is 320 g/mol. The fourth-order valence-electron chi connectivity index (χ4n) is 2.09. The predicted octanol–water partition coefficient (Wildman–Crippen LogP) is 3.20. The smallest absolute Gasteiger partial charge is 0.410 e. The van der Waals surface area contributed by atoms with E-state index in [0.29, 0.717) is 18.8 Å². The van der Waals surface area contributed by atoms with Crippen LogP contribution in [0.3, 0.4) is 0 Å². The SMILES string of the molecule is CN(CCNc1ccc2oc(CO)cc2c1)C(=O)OC(C)(C)C. The summed E-state index contributed by atoms with van der Waals surface area (Å²) in [5, 5.41) is 13.3. The van der Waals surface area contributed by atoms with Gasteiger partial charge in [0.1, 0.15) is 23.6 Å². The van der Waals surface area contributed by atoms with Gasteiger partial charge in [0.25, 0.3) is 0 Å². The van der Waals surface area contributed by atoms with Crippen LogP contribution in [0.15, 0.2) is 28.7 Å². The van der Waals surface area contributed by atoms with Crippen LogP contribution in [-0.2, 0) is 11.3 Å². The lowest BCUT2D eigenvalue weighted by atomic mass is 10.2. The van der Waals surface area contributed by atoms with Crippen LogP contribution in [0.25, 0.3) is 11.0 Å². The second-order valence-corrected chi connectivity index (χ2v) is 6.45. The highest BCUT2D eigenvalue weighted by Crippen LogP contribution is 2.23. The Hall–Kier alpha value is -2.21. The molecule has 1 aromatic heterocycles. The van der Waals surface area contributed by atoms with E-state index in [0.717, 1.165) is 16.7 Å². The number of fused-ring (bicyclic) bond motifs is 1. The molecule has 2 aromatic rings. The van der Waals surface area contributed by atoms with Crippen LogP contribution in [0.4, 0.5) is 10.5 Å². The fourth-order valence-corrected chi connectivity index (χ4v) is 2.09. The molecule has 1 aromatic carbocycles. The molecule has 6 heteroatoms. The first-order chi connectivity index (χ1) is 10.8. The van der Waals surface area contributed by atoms with E-state index in [9.17, 15) is 4.79 Å². The maximum atomic E-state index is 11.9. The normalized spacial score (nSPS) is 11.5. The van der Waals surface area contributed by atoms with Gasteiger partial charge in [0.05, 0.1) is 0 Å². The second kappa shape index (κ2) is 6.91. The second-order valence-electron chi connectivity index (χ2n) is 6.45. The minimum atomic E-state index is -0.491. The van der Waals surface area contributed by atoms with E-state index >= 15 is 0 Å². The summed E-state index contributed by atoms with van der Waals surface area (Å²) in [6.45, 7) is 6.55. The van der Waals surface area contributed by atoms with Gasteiger partial charge < -0.3 is 24.5 Å². The highest BCUT2D eigenvalue weighted by atomic mass is 16.6. The fraction of sp³-hybridized carbons (Fsp3) is 0.471. The number of nitrogens with one attached hydrogen (secondary N) is 1. The van der Waals surface area contributed by atoms with Crippen molar-refractivity contribution in [2.45, 2.75) is 33.0 Å². The number of aliphatic hydroxyl groups is 1. The Morgan fingerprint density at radius 1 is 1.35 bits per heavy atom. The highest BCUT2D eigenvalue weighted by Gasteiger charge is 2.19. The summed E-state index contributed by atoms with van der Waals surface area (Å²) in [7, 11) is 1.71. The Kier molecular flexibility index (Phi) is 5.15. The van der Waals surface area contributed by atoms with Gasteiger partial charge in [-0.15, -0.1) is 0 Å². The van der Waals surface area contributed by atoms with E-state index in [1.54, 1.807) is 11.9 Å². The van der Waals surface area contributed by atoms with E-state index < -0.39 is 5.60 Å². The van der Waals surface area contributed by atoms with Gasteiger partial charge in [0, 0.05) is 31.2 Å². The van der Waals surface area contributed by atoms with E-state index in [2.05, 4.69) is 5.32 Å². The Bertz CT molecular complexity index is 673. The molecule has 0 aliphatic carbocycles. The quantitative estimate of drug-likeness (QED) is 0.885. The van der Waals surface area contributed by atoms with Crippen molar-refractivity contribution in [3.8, 4) is 0 Å². The van der Waals surface area contributed by atoms with Crippen molar-refractivity contribution in [2.24, 2.45) is 0 Å². The Labute approximate surface area is 136 Å². The molecule has 2 rings (SSSR count). The topological polar surface area (TPSA) is 74.9 Å². The summed E-state index contributed by atoms with van der Waals surface area (Å²) < 4.78 is 10.7. The molecule has 0 aliphatic rings. The Morgan fingerprint density at radius 2 is 2.09 bits per heavy atom. The number of hydrogen-bond acceptors (Lipinski definition) is 5. The maximum Gasteiger partial charge on any atom is 0.410 e. The Morgan fingerprint density at radius 3 is 2.74 bits per heavy atom. The third kappa shape index (κ3) is 4.89. The summed E-state index contributed by atoms with van der Waals surface area (Å²) in [5.41, 5.74) is 1.18. The molecule has 0 spiro atoms. The minimum Gasteiger partial charge on any atom is -0.459 e. The largest absolute Gasteiger partial charge is 0.459 e. The number of rotatable bonds is 5. The van der Waals surface area contributed by atoms with Crippen LogP contribution < -0.4 is 5.32 Å². The van der Waals surface area contributed by atoms with Gasteiger partial charge in [-0.1, -0.05) is 0 Å². The van der Waals surface area contributed by atoms with Crippen LogP contribution in [0, 0.1) is 0 Å². The van der Waals surface area contributed by atoms with Crippen molar-refractivity contribution < 1.29 is 19.1 Å². The summed E-state index contributed by atoms with van der Waals surface area (Å²) in [6.07, 6.45) is -0.336. The average molecular weight is 320 g/mol. The molecule has 0 unspecified atom stereocenters. The first kappa shape index (κ1) is 17.1. The number of anilines is 1. The molecule has 2 N–H and O–H groups in total. The number of furan rings is 1. The number of hydrogen-bond donors (Lipinski definition) is 2. The Balaban J connectivity index is 1.87. The molecule has 0 saturated heterocycles. The number of aliphatic hydroxyl groups excluding tert-OH is 1. The van der Waals surface area contributed by atoms with Gasteiger partial charge in [-0.2, -0.15) is 0 Å². The third-order valence-corrected chi connectivity index (χ3v) is 3.20. The summed E-state index contributed by atoms with van der Waals surface area (Å²) in [6, 6.07) is 7.52. The zero-order valence-electron chi connectivity index (χ0n) is 14.0. The number of carbonyl (C=O) groups is 1. The molecule has 126 valence electrons. The molecule has 1 amide bonds. The van der Waals surface area contributed by atoms with Crippen molar-refractivity contribution >= 4 is 22.7 Å². The van der Waals surface area contributed by atoms with Crippen LogP contribution >= 0.6 is 0 Å². The van der Waals surface area contributed by atoms with Gasteiger partial charge in [0.15, 0.2) is 0 Å². The number of benzene rings is 1. The van der Waals surface area contributed by atoms with E-state index in [4.69, 9.17) is 14.3 Å². The lowest BCUT2D eigenvalue weighted by Crippen LogP contribution is -2.36. The molecule has 0 saturated carbocycles. The number of amides is 1. The molecular weight excluding hydrogens is 296 g/mol. The molecule has 0 aliphatic heterocycles. The van der Waals surface area contributed by atoms with E-state index in [-0.39, 0.29) is 12.7 Å². The minimum absolute atomic E-state index is 0.113. The predicted molar refractivity (Wildman–Crippen MR) is 89.5 cm³/mol. The first-order valence-corrected chi connectivity index (χ1v) is 7.60. The highest BCUT2D eigenvalue weighted by molar-refractivity contribution is 5.81.